The molecule has 1 aliphatic heterocycles. The number of benzene rings is 1. The van der Waals surface area contributed by atoms with Gasteiger partial charge in [-0.1, -0.05) is 12.1 Å². The number of guanidine groups is 1. The van der Waals surface area contributed by atoms with Gasteiger partial charge in [-0.25, -0.2) is 4.79 Å². The van der Waals surface area contributed by atoms with Gasteiger partial charge in [0.25, 0.3) is 0 Å². The van der Waals surface area contributed by atoms with Gasteiger partial charge < -0.3 is 25.0 Å². The van der Waals surface area contributed by atoms with Crippen molar-refractivity contribution in [1.82, 2.24) is 15.5 Å². The Morgan fingerprint density at radius 2 is 2.00 bits per heavy atom. The topological polar surface area (TPSA) is 75.2 Å². The fourth-order valence-corrected chi connectivity index (χ4v) is 3.25. The Morgan fingerprint density at radius 3 is 2.62 bits per heavy atom. The standard InChI is InChI=1S/C21H34N4O3.HI/c1-5-22-20(23-12-9-17-8-7-16(3)19(15-17)27-4)24-18-10-13-25(14-11-18)21(26)28-6-2;/h7-8,15,18H,5-6,9-14H2,1-4H3,(H2,22,23,24);1H. The average Bonchev–Trinajstić information content (AvgIpc) is 2.70. The molecule has 0 bridgehead atoms. The van der Waals surface area contributed by atoms with Crippen molar-refractivity contribution in [3.63, 3.8) is 0 Å². The zero-order valence-corrected chi connectivity index (χ0v) is 20.3. The van der Waals surface area contributed by atoms with E-state index in [-0.39, 0.29) is 30.1 Å². The number of piperidine rings is 1. The van der Waals surface area contributed by atoms with Gasteiger partial charge in [-0.05, 0) is 57.2 Å². The van der Waals surface area contributed by atoms with Crippen LogP contribution in [0, 0.1) is 6.92 Å². The van der Waals surface area contributed by atoms with Crippen LogP contribution in [0.1, 0.15) is 37.8 Å². The van der Waals surface area contributed by atoms with Gasteiger partial charge in [-0.15, -0.1) is 24.0 Å². The second-order valence-corrected chi connectivity index (χ2v) is 6.92. The zero-order valence-electron chi connectivity index (χ0n) is 18.0. The summed E-state index contributed by atoms with van der Waals surface area (Å²) >= 11 is 0. The molecule has 1 aliphatic rings. The van der Waals surface area contributed by atoms with Crippen molar-refractivity contribution < 1.29 is 14.3 Å². The third-order valence-electron chi connectivity index (χ3n) is 4.85. The second-order valence-electron chi connectivity index (χ2n) is 6.92. The van der Waals surface area contributed by atoms with Crippen LogP contribution in [0.2, 0.25) is 0 Å². The van der Waals surface area contributed by atoms with Crippen LogP contribution in [0.5, 0.6) is 5.75 Å². The molecular weight excluding hydrogens is 483 g/mol. The fourth-order valence-electron chi connectivity index (χ4n) is 3.25. The number of nitrogens with one attached hydrogen (secondary N) is 2. The van der Waals surface area contributed by atoms with Crippen LogP contribution in [0.3, 0.4) is 0 Å². The number of methoxy groups -OCH3 is 1. The molecule has 164 valence electrons. The van der Waals surface area contributed by atoms with Gasteiger partial charge in [0.15, 0.2) is 5.96 Å². The van der Waals surface area contributed by atoms with Gasteiger partial charge in [-0.2, -0.15) is 0 Å². The minimum Gasteiger partial charge on any atom is -0.496 e. The van der Waals surface area contributed by atoms with Gasteiger partial charge in [0.05, 0.1) is 13.7 Å². The maximum atomic E-state index is 11.8. The summed E-state index contributed by atoms with van der Waals surface area (Å²) in [4.78, 5) is 18.3. The minimum atomic E-state index is -0.213. The van der Waals surface area contributed by atoms with Crippen molar-refractivity contribution in [1.29, 1.82) is 0 Å². The van der Waals surface area contributed by atoms with Crippen LogP contribution in [-0.4, -0.2) is 62.9 Å². The van der Waals surface area contributed by atoms with Crippen LogP contribution < -0.4 is 15.4 Å². The number of aliphatic imine (C=N–C) groups is 1. The molecule has 1 aromatic rings. The highest BCUT2D eigenvalue weighted by Gasteiger charge is 2.23. The molecule has 1 amide bonds. The fraction of sp³-hybridized carbons (Fsp3) is 0.619. The zero-order chi connectivity index (χ0) is 20.4. The number of hydrogen-bond donors (Lipinski definition) is 2. The summed E-state index contributed by atoms with van der Waals surface area (Å²) in [5, 5.41) is 6.81. The molecule has 1 fully saturated rings. The lowest BCUT2D eigenvalue weighted by Gasteiger charge is -2.32. The van der Waals surface area contributed by atoms with E-state index in [4.69, 9.17) is 14.5 Å². The van der Waals surface area contributed by atoms with E-state index >= 15 is 0 Å². The van der Waals surface area contributed by atoms with Crippen molar-refractivity contribution in [2.24, 2.45) is 4.99 Å². The molecule has 7 nitrogen and oxygen atoms in total. The molecule has 2 N–H and O–H groups in total. The first-order valence-electron chi connectivity index (χ1n) is 10.2. The van der Waals surface area contributed by atoms with Crippen LogP contribution in [-0.2, 0) is 11.2 Å². The molecular formula is C21H35IN4O3. The quantitative estimate of drug-likeness (QED) is 0.329. The molecule has 8 heteroatoms. The van der Waals surface area contributed by atoms with Gasteiger partial charge >= 0.3 is 6.09 Å². The van der Waals surface area contributed by atoms with Crippen molar-refractivity contribution in [2.45, 2.75) is 46.1 Å². The van der Waals surface area contributed by atoms with Crippen molar-refractivity contribution >= 4 is 36.0 Å². The molecule has 0 aromatic heterocycles. The molecule has 0 spiro atoms. The number of halogens is 1. The number of amides is 1. The highest BCUT2D eigenvalue weighted by atomic mass is 127. The summed E-state index contributed by atoms with van der Waals surface area (Å²) in [5.41, 5.74) is 2.35. The van der Waals surface area contributed by atoms with E-state index in [0.29, 0.717) is 32.3 Å². The SMILES string of the molecule is CCNC(=NCCc1ccc(C)c(OC)c1)NC1CCN(C(=O)OCC)CC1.I. The summed E-state index contributed by atoms with van der Waals surface area (Å²) in [7, 11) is 1.70. The molecule has 0 atom stereocenters. The van der Waals surface area contributed by atoms with Crippen LogP contribution in [0.4, 0.5) is 4.79 Å². The highest BCUT2D eigenvalue weighted by Crippen LogP contribution is 2.19. The Labute approximate surface area is 191 Å². The highest BCUT2D eigenvalue weighted by molar-refractivity contribution is 14.0. The van der Waals surface area contributed by atoms with Gasteiger partial charge in [0, 0.05) is 32.2 Å². The van der Waals surface area contributed by atoms with Gasteiger partial charge in [-0.3, -0.25) is 4.99 Å². The van der Waals surface area contributed by atoms with E-state index in [9.17, 15) is 4.79 Å². The summed E-state index contributed by atoms with van der Waals surface area (Å²) in [6, 6.07) is 6.59. The van der Waals surface area contributed by atoms with Crippen LogP contribution >= 0.6 is 24.0 Å². The first kappa shape index (κ1) is 25.3. The number of nitrogens with zero attached hydrogens (tertiary/aromatic N) is 2. The second kappa shape index (κ2) is 13.5. The van der Waals surface area contributed by atoms with Gasteiger partial charge in [0.1, 0.15) is 5.75 Å². The number of likely N-dealkylation sites (tertiary alicyclic amines) is 1. The van der Waals surface area contributed by atoms with Crippen molar-refractivity contribution in [2.75, 3.05) is 39.9 Å². The number of hydrogen-bond acceptors (Lipinski definition) is 4. The number of aryl methyl sites for hydroxylation is 1. The van der Waals surface area contributed by atoms with E-state index in [2.05, 4.69) is 35.8 Å². The molecule has 0 aliphatic carbocycles. The average molecular weight is 518 g/mol. The number of carbonyl (C=O) groups excluding carboxylic acids is 1. The first-order chi connectivity index (χ1) is 13.6. The Bertz CT molecular complexity index is 661. The maximum Gasteiger partial charge on any atom is 0.409 e. The van der Waals surface area contributed by atoms with E-state index in [1.54, 1.807) is 12.0 Å². The lowest BCUT2D eigenvalue weighted by Crippen LogP contribution is -2.50. The predicted octanol–water partition coefficient (Wildman–Crippen LogP) is 3.34. The largest absolute Gasteiger partial charge is 0.496 e. The van der Waals surface area contributed by atoms with Crippen molar-refractivity contribution in [3.05, 3.63) is 29.3 Å². The Balaban J connectivity index is 0.00000420. The summed E-state index contributed by atoms with van der Waals surface area (Å²) < 4.78 is 10.5. The minimum absolute atomic E-state index is 0. The smallest absolute Gasteiger partial charge is 0.409 e. The molecule has 29 heavy (non-hydrogen) atoms. The Morgan fingerprint density at radius 1 is 1.28 bits per heavy atom. The predicted molar refractivity (Wildman–Crippen MR) is 128 cm³/mol. The molecule has 2 rings (SSSR count). The lowest BCUT2D eigenvalue weighted by atomic mass is 10.1. The maximum absolute atomic E-state index is 11.8. The van der Waals surface area contributed by atoms with Crippen molar-refractivity contribution in [3.8, 4) is 5.75 Å². The lowest BCUT2D eigenvalue weighted by molar-refractivity contribution is 0.0963. The molecule has 0 unspecified atom stereocenters. The molecule has 0 radical (unpaired) electrons. The van der Waals surface area contributed by atoms with E-state index in [1.165, 1.54) is 5.56 Å². The van der Waals surface area contributed by atoms with Crippen LogP contribution in [0.15, 0.2) is 23.2 Å². The van der Waals surface area contributed by atoms with E-state index in [0.717, 1.165) is 43.1 Å². The number of carbonyl (C=O) groups is 1. The third kappa shape index (κ3) is 8.28. The number of rotatable bonds is 7. The summed E-state index contributed by atoms with van der Waals surface area (Å²) in [6.07, 6.45) is 2.42. The van der Waals surface area contributed by atoms with Gasteiger partial charge in [0.2, 0.25) is 0 Å². The van der Waals surface area contributed by atoms with E-state index in [1.807, 2.05) is 13.8 Å². The summed E-state index contributed by atoms with van der Waals surface area (Å²) in [6.45, 7) is 9.28. The first-order valence-corrected chi connectivity index (χ1v) is 10.2. The Hall–Kier alpha value is -1.71. The van der Waals surface area contributed by atoms with Crippen LogP contribution in [0.25, 0.3) is 0 Å². The third-order valence-corrected chi connectivity index (χ3v) is 4.85. The van der Waals surface area contributed by atoms with E-state index < -0.39 is 0 Å². The number of ether oxygens (including phenoxy) is 2. The molecule has 0 saturated carbocycles. The molecule has 1 heterocycles. The Kier molecular flexibility index (Phi) is 11.8. The molecule has 1 aromatic carbocycles. The summed E-state index contributed by atoms with van der Waals surface area (Å²) in [5.74, 6) is 1.75. The monoisotopic (exact) mass is 518 g/mol. The molecule has 1 saturated heterocycles. The normalized spacial score (nSPS) is 14.8.